The van der Waals surface area contributed by atoms with Crippen molar-refractivity contribution in [1.82, 2.24) is 9.78 Å². The molecule has 2 rings (SSSR count). The van der Waals surface area contributed by atoms with E-state index in [1.807, 2.05) is 0 Å². The van der Waals surface area contributed by atoms with Crippen LogP contribution in [0.5, 0.6) is 5.88 Å². The zero-order valence-electron chi connectivity index (χ0n) is 11.2. The molecule has 0 atom stereocenters. The first kappa shape index (κ1) is 20.6. The fraction of sp³-hybridized carbons (Fsp3) is 0. The molecular formula is C10H6N2Na2O6S. The van der Waals surface area contributed by atoms with E-state index in [-0.39, 0.29) is 69.7 Å². The molecule has 2 aromatic rings. The molecule has 100 valence electrons. The smallest absolute Gasteiger partial charge is 0.859 e. The third-order valence-electron chi connectivity index (χ3n) is 2.26. The van der Waals surface area contributed by atoms with Crippen molar-refractivity contribution in [3.63, 3.8) is 0 Å². The Morgan fingerprint density at radius 2 is 1.71 bits per heavy atom. The van der Waals surface area contributed by atoms with Gasteiger partial charge in [-0.1, -0.05) is 0 Å². The molecule has 0 unspecified atom stereocenters. The molecule has 0 radical (unpaired) electrons. The number of carboxylic acids is 1. The number of aromatic nitrogens is 2. The molecule has 1 N–H and O–H groups in total. The summed E-state index contributed by atoms with van der Waals surface area (Å²) < 4.78 is 31.2. The summed E-state index contributed by atoms with van der Waals surface area (Å²) in [5, 5.41) is 25.5. The zero-order chi connectivity index (χ0) is 14.2. The van der Waals surface area contributed by atoms with E-state index in [1.165, 1.54) is 12.1 Å². The standard InChI is InChI=1S/C10H8N2O6S.2Na/c13-9-5-8(10(14)15)11-12(9)6-1-3-7(4-2-6)19(16,17)18;;/h1-5,13H,(H,14,15)(H,16,17,18);;/q;2*+1/p-2. The van der Waals surface area contributed by atoms with Gasteiger partial charge in [-0.25, -0.2) is 4.68 Å². The number of aromatic carboxylic acids is 1. The van der Waals surface area contributed by atoms with E-state index in [2.05, 4.69) is 5.10 Å². The molecule has 1 aromatic heterocycles. The quantitative estimate of drug-likeness (QED) is 0.437. The molecule has 0 aliphatic carbocycles. The maximum atomic E-state index is 11.5. The number of carbonyl (C=O) groups is 1. The summed E-state index contributed by atoms with van der Waals surface area (Å²) in [6.45, 7) is 0. The van der Waals surface area contributed by atoms with Crippen LogP contribution < -0.4 is 69.3 Å². The first-order chi connectivity index (χ1) is 8.79. The van der Waals surface area contributed by atoms with Gasteiger partial charge in [-0.2, -0.15) is 13.5 Å². The molecule has 8 nitrogen and oxygen atoms in total. The molecule has 11 heteroatoms. The van der Waals surface area contributed by atoms with Crippen LogP contribution in [0.25, 0.3) is 5.69 Å². The van der Waals surface area contributed by atoms with Crippen LogP contribution in [0.3, 0.4) is 0 Å². The number of carboxylic acid groups (broad SMARTS) is 1. The SMILES string of the molecule is O=C([O-])c1cc([O-])n(-c2ccc(S(=O)(=O)O)cc2)n1.[Na+].[Na+]. The number of benzene rings is 1. The summed E-state index contributed by atoms with van der Waals surface area (Å²) >= 11 is 0. The van der Waals surface area contributed by atoms with Gasteiger partial charge in [0.05, 0.1) is 16.6 Å². The molecule has 0 aliphatic rings. The number of carbonyl (C=O) groups excluding carboxylic acids is 1. The molecule has 0 saturated carbocycles. The molecule has 0 saturated heterocycles. The average Bonchev–Trinajstić information content (AvgIpc) is 2.70. The van der Waals surface area contributed by atoms with Gasteiger partial charge in [0.25, 0.3) is 10.1 Å². The topological polar surface area (TPSA) is 135 Å². The van der Waals surface area contributed by atoms with E-state index in [0.717, 1.165) is 22.9 Å². The average molecular weight is 328 g/mol. The van der Waals surface area contributed by atoms with Crippen molar-refractivity contribution in [2.24, 2.45) is 0 Å². The second-order valence-corrected chi connectivity index (χ2v) is 4.96. The summed E-state index contributed by atoms with van der Waals surface area (Å²) in [4.78, 5) is 10.2. The molecule has 0 spiro atoms. The minimum Gasteiger partial charge on any atom is -0.859 e. The van der Waals surface area contributed by atoms with Crippen molar-refractivity contribution in [1.29, 1.82) is 0 Å². The van der Waals surface area contributed by atoms with Crippen molar-refractivity contribution in [2.75, 3.05) is 0 Å². The van der Waals surface area contributed by atoms with Crippen molar-refractivity contribution in [3.05, 3.63) is 36.0 Å². The second-order valence-electron chi connectivity index (χ2n) is 3.54. The summed E-state index contributed by atoms with van der Waals surface area (Å²) in [6.07, 6.45) is 0. The Bertz CT molecular complexity index is 741. The van der Waals surface area contributed by atoms with Gasteiger partial charge >= 0.3 is 59.1 Å². The van der Waals surface area contributed by atoms with Gasteiger partial charge in [0.1, 0.15) is 5.69 Å². The zero-order valence-corrected chi connectivity index (χ0v) is 16.0. The third-order valence-corrected chi connectivity index (χ3v) is 3.13. The van der Waals surface area contributed by atoms with E-state index < -0.39 is 27.7 Å². The Hall–Kier alpha value is -0.390. The Balaban J connectivity index is 0.00000200. The van der Waals surface area contributed by atoms with Crippen LogP contribution in [0.15, 0.2) is 35.2 Å². The van der Waals surface area contributed by atoms with Gasteiger partial charge < -0.3 is 15.0 Å². The summed E-state index contributed by atoms with van der Waals surface area (Å²) in [6, 6.07) is 5.31. The van der Waals surface area contributed by atoms with Gasteiger partial charge in [0.15, 0.2) is 0 Å². The van der Waals surface area contributed by atoms with Gasteiger partial charge in [0.2, 0.25) is 0 Å². The molecule has 21 heavy (non-hydrogen) atoms. The first-order valence-corrected chi connectivity index (χ1v) is 6.29. The molecule has 1 heterocycles. The molecule has 0 amide bonds. The largest absolute Gasteiger partial charge is 1.00 e. The maximum Gasteiger partial charge on any atom is 1.00 e. The van der Waals surface area contributed by atoms with E-state index in [0.29, 0.717) is 0 Å². The van der Waals surface area contributed by atoms with Crippen LogP contribution in [0.4, 0.5) is 0 Å². The number of hydrogen-bond acceptors (Lipinski definition) is 6. The second kappa shape index (κ2) is 7.75. The van der Waals surface area contributed by atoms with E-state index in [4.69, 9.17) is 4.55 Å². The predicted molar refractivity (Wildman–Crippen MR) is 57.2 cm³/mol. The van der Waals surface area contributed by atoms with E-state index in [1.54, 1.807) is 0 Å². The van der Waals surface area contributed by atoms with Gasteiger partial charge in [-0.15, -0.1) is 0 Å². The van der Waals surface area contributed by atoms with Crippen LogP contribution in [0.2, 0.25) is 0 Å². The van der Waals surface area contributed by atoms with Crippen molar-refractivity contribution in [2.45, 2.75) is 4.90 Å². The Labute approximate surface area is 164 Å². The van der Waals surface area contributed by atoms with Crippen LogP contribution >= 0.6 is 0 Å². The number of nitrogens with zero attached hydrogens (tertiary/aromatic N) is 2. The Morgan fingerprint density at radius 1 is 1.19 bits per heavy atom. The van der Waals surface area contributed by atoms with Gasteiger partial charge in [0, 0.05) is 0 Å². The van der Waals surface area contributed by atoms with Crippen LogP contribution in [-0.2, 0) is 10.1 Å². The molecule has 0 bridgehead atoms. The predicted octanol–water partition coefficient (Wildman–Crippen LogP) is -7.44. The third kappa shape index (κ3) is 4.80. The monoisotopic (exact) mass is 328 g/mol. The van der Waals surface area contributed by atoms with Crippen LogP contribution in [0.1, 0.15) is 10.5 Å². The first-order valence-electron chi connectivity index (χ1n) is 4.85. The van der Waals surface area contributed by atoms with E-state index in [9.17, 15) is 23.4 Å². The van der Waals surface area contributed by atoms with Crippen molar-refractivity contribution in [3.8, 4) is 11.6 Å². The number of rotatable bonds is 3. The summed E-state index contributed by atoms with van der Waals surface area (Å²) in [7, 11) is -4.33. The molecule has 0 aliphatic heterocycles. The van der Waals surface area contributed by atoms with E-state index >= 15 is 0 Å². The Kier molecular flexibility index (Phi) is 7.60. The van der Waals surface area contributed by atoms with Crippen LogP contribution in [0, 0.1) is 0 Å². The molecule has 1 aromatic carbocycles. The maximum absolute atomic E-state index is 11.5. The summed E-state index contributed by atoms with van der Waals surface area (Å²) in [5.41, 5.74) is -0.367. The van der Waals surface area contributed by atoms with Gasteiger partial charge in [-0.05, 0) is 36.2 Å². The van der Waals surface area contributed by atoms with Crippen molar-refractivity contribution >= 4 is 16.1 Å². The Morgan fingerprint density at radius 3 is 2.10 bits per heavy atom. The molecular weight excluding hydrogens is 322 g/mol. The fourth-order valence-electron chi connectivity index (χ4n) is 1.41. The van der Waals surface area contributed by atoms with Crippen LogP contribution in [-0.4, -0.2) is 28.7 Å². The normalized spacial score (nSPS) is 10.3. The van der Waals surface area contributed by atoms with Crippen molar-refractivity contribution < 1.29 is 87.1 Å². The minimum atomic E-state index is -4.33. The number of hydrogen-bond donors (Lipinski definition) is 1. The van der Waals surface area contributed by atoms with Gasteiger partial charge in [-0.3, -0.25) is 4.55 Å². The minimum absolute atomic E-state index is 0. The summed E-state index contributed by atoms with van der Waals surface area (Å²) in [5.74, 6) is -2.29. The molecule has 0 fully saturated rings. The fourth-order valence-corrected chi connectivity index (χ4v) is 1.89.